The molecule has 0 radical (unpaired) electrons. The zero-order valence-electron chi connectivity index (χ0n) is 15.3. The highest BCUT2D eigenvalue weighted by Crippen LogP contribution is 2.14. The van der Waals surface area contributed by atoms with Crippen molar-refractivity contribution in [3.63, 3.8) is 0 Å². The molecule has 1 N–H and O–H groups in total. The minimum atomic E-state index is 0.834. The van der Waals surface area contributed by atoms with Gasteiger partial charge < -0.3 is 19.7 Å². The fourth-order valence-electron chi connectivity index (χ4n) is 3.24. The summed E-state index contributed by atoms with van der Waals surface area (Å²) in [6.07, 6.45) is 4.80. The molecule has 1 aliphatic rings. The molecule has 1 aliphatic heterocycles. The first-order valence-electron chi connectivity index (χ1n) is 8.92. The molecule has 0 saturated carbocycles. The number of nitrogens with one attached hydrogen (secondary N) is 1. The number of aryl methyl sites for hydroxylation is 1. The topological polar surface area (TPSA) is 35.8 Å². The summed E-state index contributed by atoms with van der Waals surface area (Å²) >= 11 is 0. The smallest absolute Gasteiger partial charge is 0.194 e. The summed E-state index contributed by atoms with van der Waals surface area (Å²) < 4.78 is 2.16. The lowest BCUT2D eigenvalue weighted by Gasteiger charge is -2.30. The lowest BCUT2D eigenvalue weighted by atomic mass is 10.0. The Morgan fingerprint density at radius 1 is 1.48 bits per heavy atom. The Hall–Kier alpha value is -1.49. The number of piperidine rings is 1. The van der Waals surface area contributed by atoms with Gasteiger partial charge in [0.25, 0.3) is 0 Å². The molecule has 5 heteroatoms. The zero-order chi connectivity index (χ0) is 16.7. The van der Waals surface area contributed by atoms with Gasteiger partial charge in [-0.15, -0.1) is 0 Å². The van der Waals surface area contributed by atoms with Crippen LogP contribution >= 0.6 is 0 Å². The minimum Gasteiger partial charge on any atom is -0.357 e. The molecular weight excluding hydrogens is 286 g/mol. The van der Waals surface area contributed by atoms with Gasteiger partial charge in [0.2, 0.25) is 0 Å². The third kappa shape index (κ3) is 5.57. The maximum absolute atomic E-state index is 4.82. The molecule has 1 aromatic rings. The Bertz CT molecular complexity index is 493. The van der Waals surface area contributed by atoms with Crippen molar-refractivity contribution in [2.45, 2.75) is 33.2 Å². The number of hydrogen-bond donors (Lipinski definition) is 1. The number of rotatable bonds is 6. The van der Waals surface area contributed by atoms with Gasteiger partial charge in [0.15, 0.2) is 5.96 Å². The molecule has 130 valence electrons. The summed E-state index contributed by atoms with van der Waals surface area (Å²) in [5.74, 6) is 1.83. The van der Waals surface area contributed by atoms with Crippen LogP contribution in [-0.4, -0.2) is 60.1 Å². The summed E-state index contributed by atoms with van der Waals surface area (Å²) in [6.45, 7) is 10.6. The second kappa shape index (κ2) is 8.96. The third-order valence-electron chi connectivity index (χ3n) is 4.57. The summed E-state index contributed by atoms with van der Waals surface area (Å²) in [4.78, 5) is 9.58. The van der Waals surface area contributed by atoms with E-state index in [1.165, 1.54) is 31.6 Å². The van der Waals surface area contributed by atoms with E-state index >= 15 is 0 Å². The van der Waals surface area contributed by atoms with Crippen molar-refractivity contribution in [3.05, 3.63) is 24.0 Å². The number of hydrogen-bond acceptors (Lipinski definition) is 2. The van der Waals surface area contributed by atoms with Gasteiger partial charge in [0.1, 0.15) is 0 Å². The number of guanidine groups is 1. The monoisotopic (exact) mass is 319 g/mol. The first kappa shape index (κ1) is 17.9. The van der Waals surface area contributed by atoms with Crippen LogP contribution in [-0.2, 0) is 13.6 Å². The summed E-state index contributed by atoms with van der Waals surface area (Å²) in [6, 6.07) is 4.25. The molecule has 5 nitrogen and oxygen atoms in total. The number of nitrogens with zero attached hydrogens (tertiary/aromatic N) is 4. The van der Waals surface area contributed by atoms with E-state index in [4.69, 9.17) is 4.99 Å². The Balaban J connectivity index is 1.87. The van der Waals surface area contributed by atoms with Gasteiger partial charge in [-0.1, -0.05) is 6.92 Å². The van der Waals surface area contributed by atoms with Gasteiger partial charge in [-0.2, -0.15) is 0 Å². The Morgan fingerprint density at radius 2 is 2.30 bits per heavy atom. The van der Waals surface area contributed by atoms with Crippen LogP contribution in [0.1, 0.15) is 32.4 Å². The molecule has 1 atom stereocenters. The second-order valence-corrected chi connectivity index (χ2v) is 6.75. The first-order valence-corrected chi connectivity index (χ1v) is 8.92. The number of likely N-dealkylation sites (tertiary alicyclic amines) is 1. The average Bonchev–Trinajstić information content (AvgIpc) is 2.91. The van der Waals surface area contributed by atoms with Gasteiger partial charge in [-0.3, -0.25) is 4.99 Å². The van der Waals surface area contributed by atoms with E-state index in [-0.39, 0.29) is 0 Å². The van der Waals surface area contributed by atoms with Crippen LogP contribution in [0.3, 0.4) is 0 Å². The van der Waals surface area contributed by atoms with E-state index in [9.17, 15) is 0 Å². The van der Waals surface area contributed by atoms with Crippen LogP contribution in [0.15, 0.2) is 23.3 Å². The molecule has 0 bridgehead atoms. The van der Waals surface area contributed by atoms with E-state index in [2.05, 4.69) is 66.0 Å². The van der Waals surface area contributed by atoms with Crippen molar-refractivity contribution < 1.29 is 0 Å². The van der Waals surface area contributed by atoms with Gasteiger partial charge in [0, 0.05) is 45.6 Å². The maximum atomic E-state index is 4.82. The van der Waals surface area contributed by atoms with E-state index in [1.54, 1.807) is 0 Å². The van der Waals surface area contributed by atoms with E-state index < -0.39 is 0 Å². The number of aromatic nitrogens is 1. The standard InChI is InChI=1S/C18H33N5/c1-5-19-18(22(4)15-17-9-7-11-21(17)3)20-10-13-23-12-6-8-16(2)14-23/h7,9,11,16H,5-6,8,10,12-15H2,1-4H3,(H,19,20). The Kier molecular flexibility index (Phi) is 6.96. The Labute approximate surface area is 141 Å². The predicted molar refractivity (Wildman–Crippen MR) is 97.7 cm³/mol. The molecular formula is C18H33N5. The fourth-order valence-corrected chi connectivity index (χ4v) is 3.24. The van der Waals surface area contributed by atoms with Gasteiger partial charge in [0.05, 0.1) is 13.1 Å². The van der Waals surface area contributed by atoms with Crippen molar-refractivity contribution in [2.75, 3.05) is 39.8 Å². The summed E-state index contributed by atoms with van der Waals surface area (Å²) in [7, 11) is 4.20. The van der Waals surface area contributed by atoms with Crippen LogP contribution in [0.5, 0.6) is 0 Å². The third-order valence-corrected chi connectivity index (χ3v) is 4.57. The highest BCUT2D eigenvalue weighted by atomic mass is 15.3. The van der Waals surface area contributed by atoms with E-state index in [0.29, 0.717) is 0 Å². The minimum absolute atomic E-state index is 0.834. The van der Waals surface area contributed by atoms with Gasteiger partial charge >= 0.3 is 0 Å². The second-order valence-electron chi connectivity index (χ2n) is 6.75. The molecule has 0 aliphatic carbocycles. The summed E-state index contributed by atoms with van der Waals surface area (Å²) in [5.41, 5.74) is 1.29. The highest BCUT2D eigenvalue weighted by Gasteiger charge is 2.15. The van der Waals surface area contributed by atoms with Crippen LogP contribution < -0.4 is 5.32 Å². The maximum Gasteiger partial charge on any atom is 0.194 e. The molecule has 0 spiro atoms. The highest BCUT2D eigenvalue weighted by molar-refractivity contribution is 5.79. The molecule has 2 heterocycles. The number of aliphatic imine (C=N–C) groups is 1. The van der Waals surface area contributed by atoms with Crippen molar-refractivity contribution >= 4 is 5.96 Å². The molecule has 1 unspecified atom stereocenters. The van der Waals surface area contributed by atoms with Crippen LogP contribution in [0.2, 0.25) is 0 Å². The lowest BCUT2D eigenvalue weighted by Crippen LogP contribution is -2.40. The molecule has 1 aromatic heterocycles. The molecule has 1 fully saturated rings. The van der Waals surface area contributed by atoms with Gasteiger partial charge in [-0.05, 0) is 44.4 Å². The van der Waals surface area contributed by atoms with Crippen molar-refractivity contribution in [2.24, 2.45) is 18.0 Å². The fraction of sp³-hybridized carbons (Fsp3) is 0.722. The van der Waals surface area contributed by atoms with E-state index in [0.717, 1.165) is 38.1 Å². The predicted octanol–water partition coefficient (Wildman–Crippen LogP) is 2.15. The van der Waals surface area contributed by atoms with Crippen LogP contribution in [0.4, 0.5) is 0 Å². The zero-order valence-corrected chi connectivity index (χ0v) is 15.3. The van der Waals surface area contributed by atoms with E-state index in [1.807, 2.05) is 0 Å². The lowest BCUT2D eigenvalue weighted by molar-refractivity contribution is 0.188. The average molecular weight is 319 g/mol. The van der Waals surface area contributed by atoms with Crippen LogP contribution in [0, 0.1) is 5.92 Å². The molecule has 2 rings (SSSR count). The normalized spacial score (nSPS) is 19.8. The molecule has 0 amide bonds. The SMILES string of the molecule is CCNC(=NCCN1CCCC(C)C1)N(C)Cc1cccn1C. The van der Waals surface area contributed by atoms with Crippen molar-refractivity contribution in [1.29, 1.82) is 0 Å². The molecule has 23 heavy (non-hydrogen) atoms. The Morgan fingerprint density at radius 3 is 2.96 bits per heavy atom. The molecule has 1 saturated heterocycles. The largest absolute Gasteiger partial charge is 0.357 e. The van der Waals surface area contributed by atoms with Crippen molar-refractivity contribution in [1.82, 2.24) is 19.7 Å². The quantitative estimate of drug-likeness (QED) is 0.645. The first-order chi connectivity index (χ1) is 11.1. The van der Waals surface area contributed by atoms with Crippen molar-refractivity contribution in [3.8, 4) is 0 Å². The van der Waals surface area contributed by atoms with Crippen LogP contribution in [0.25, 0.3) is 0 Å². The van der Waals surface area contributed by atoms with Gasteiger partial charge in [-0.25, -0.2) is 0 Å². The summed E-state index contributed by atoms with van der Waals surface area (Å²) in [5, 5.41) is 3.41. The molecule has 0 aromatic carbocycles.